The minimum absolute atomic E-state index is 0.0520. The van der Waals surface area contributed by atoms with E-state index in [2.05, 4.69) is 30.4 Å². The Kier molecular flexibility index (Phi) is 2.84. The number of fused-ring (bicyclic) bond motifs is 2. The second kappa shape index (κ2) is 4.59. The summed E-state index contributed by atoms with van der Waals surface area (Å²) in [5.41, 5.74) is 2.45. The van der Waals surface area contributed by atoms with E-state index in [0.717, 1.165) is 24.6 Å². The number of nitrogens with zero attached hydrogens (tertiary/aromatic N) is 1. The highest BCUT2D eigenvalue weighted by Gasteiger charge is 2.45. The number of nitrogens with one attached hydrogen (secondary N) is 1. The fourth-order valence-corrected chi connectivity index (χ4v) is 4.51. The second-order valence-corrected chi connectivity index (χ2v) is 6.63. The minimum atomic E-state index is 0.0520. The molecule has 0 aromatic heterocycles. The van der Waals surface area contributed by atoms with Gasteiger partial charge in [-0.25, -0.2) is 0 Å². The van der Waals surface area contributed by atoms with Crippen molar-refractivity contribution in [3.63, 3.8) is 0 Å². The summed E-state index contributed by atoms with van der Waals surface area (Å²) < 4.78 is 0. The van der Waals surface area contributed by atoms with Crippen molar-refractivity contribution in [2.24, 2.45) is 11.8 Å². The van der Waals surface area contributed by atoms with Crippen LogP contribution in [-0.2, 0) is 11.2 Å². The van der Waals surface area contributed by atoms with Crippen molar-refractivity contribution >= 4 is 11.6 Å². The first-order chi connectivity index (χ1) is 9.75. The number of amides is 1. The van der Waals surface area contributed by atoms with E-state index in [1.807, 2.05) is 11.0 Å². The van der Waals surface area contributed by atoms with Crippen molar-refractivity contribution in [1.29, 1.82) is 0 Å². The first-order valence-electron chi connectivity index (χ1n) is 7.90. The Morgan fingerprint density at radius 2 is 2.15 bits per heavy atom. The lowest BCUT2D eigenvalue weighted by atomic mass is 9.93. The fourth-order valence-electron chi connectivity index (χ4n) is 4.51. The molecule has 0 bridgehead atoms. The van der Waals surface area contributed by atoms with Crippen LogP contribution >= 0.6 is 0 Å². The zero-order valence-corrected chi connectivity index (χ0v) is 12.0. The molecule has 1 saturated heterocycles. The van der Waals surface area contributed by atoms with Gasteiger partial charge in [-0.3, -0.25) is 4.79 Å². The number of para-hydroxylation sites is 1. The highest BCUT2D eigenvalue weighted by molar-refractivity contribution is 6.00. The van der Waals surface area contributed by atoms with Gasteiger partial charge in [0.05, 0.1) is 6.04 Å². The normalized spacial score (nSPS) is 35.1. The predicted molar refractivity (Wildman–Crippen MR) is 79.7 cm³/mol. The van der Waals surface area contributed by atoms with E-state index >= 15 is 0 Å². The average Bonchev–Trinajstić information content (AvgIpc) is 3.09. The van der Waals surface area contributed by atoms with Gasteiger partial charge in [0, 0.05) is 11.7 Å². The maximum Gasteiger partial charge on any atom is 0.244 e. The number of hydrogen-bond acceptors (Lipinski definition) is 2. The predicted octanol–water partition coefficient (Wildman–Crippen LogP) is 2.35. The number of benzene rings is 1. The molecule has 3 aliphatic rings. The Labute approximate surface area is 120 Å². The molecule has 1 aliphatic carbocycles. The molecule has 2 aliphatic heterocycles. The quantitative estimate of drug-likeness (QED) is 0.849. The Hall–Kier alpha value is -1.35. The third kappa shape index (κ3) is 1.72. The Bertz CT molecular complexity index is 542. The maximum atomic E-state index is 13.0. The molecule has 0 radical (unpaired) electrons. The summed E-state index contributed by atoms with van der Waals surface area (Å²) in [6.07, 6.45) is 4.81. The van der Waals surface area contributed by atoms with Crippen LogP contribution in [0.2, 0.25) is 0 Å². The van der Waals surface area contributed by atoms with E-state index in [1.165, 1.54) is 24.8 Å². The summed E-state index contributed by atoms with van der Waals surface area (Å²) in [6.45, 7) is 3.20. The highest BCUT2D eigenvalue weighted by Crippen LogP contribution is 2.40. The van der Waals surface area contributed by atoms with Gasteiger partial charge >= 0.3 is 0 Å². The molecule has 4 rings (SSSR count). The van der Waals surface area contributed by atoms with Crippen molar-refractivity contribution in [2.75, 3.05) is 11.4 Å². The van der Waals surface area contributed by atoms with E-state index < -0.39 is 0 Å². The zero-order valence-electron chi connectivity index (χ0n) is 12.0. The molecule has 0 spiro atoms. The van der Waals surface area contributed by atoms with Crippen LogP contribution in [0.15, 0.2) is 24.3 Å². The van der Waals surface area contributed by atoms with Crippen molar-refractivity contribution in [1.82, 2.24) is 5.32 Å². The van der Waals surface area contributed by atoms with Crippen molar-refractivity contribution < 1.29 is 4.79 Å². The SMILES string of the molecule is CC1Cc2ccccc2N1C(=O)C1NCC2CCCC21. The van der Waals surface area contributed by atoms with E-state index in [9.17, 15) is 4.79 Å². The number of hydrogen-bond donors (Lipinski definition) is 1. The molecule has 3 heteroatoms. The molecule has 1 aromatic rings. The molecule has 3 nitrogen and oxygen atoms in total. The molecule has 1 amide bonds. The smallest absolute Gasteiger partial charge is 0.244 e. The zero-order chi connectivity index (χ0) is 13.7. The summed E-state index contributed by atoms with van der Waals surface area (Å²) in [5.74, 6) is 1.61. The van der Waals surface area contributed by atoms with E-state index in [-0.39, 0.29) is 6.04 Å². The molecule has 2 heterocycles. The van der Waals surface area contributed by atoms with E-state index in [0.29, 0.717) is 17.9 Å². The summed E-state index contributed by atoms with van der Waals surface area (Å²) in [4.78, 5) is 15.1. The van der Waals surface area contributed by atoms with Crippen LogP contribution in [0.4, 0.5) is 5.69 Å². The minimum Gasteiger partial charge on any atom is -0.308 e. The molecule has 4 unspecified atom stereocenters. The monoisotopic (exact) mass is 270 g/mol. The molecule has 20 heavy (non-hydrogen) atoms. The second-order valence-electron chi connectivity index (χ2n) is 6.63. The van der Waals surface area contributed by atoms with Crippen molar-refractivity contribution in [3.8, 4) is 0 Å². The number of carbonyl (C=O) groups excluding carboxylic acids is 1. The molecule has 106 valence electrons. The molecule has 2 fully saturated rings. The molecule has 1 N–H and O–H groups in total. The summed E-state index contributed by atoms with van der Waals surface area (Å²) in [5, 5.41) is 3.50. The lowest BCUT2D eigenvalue weighted by Crippen LogP contribution is -2.48. The third-order valence-corrected chi connectivity index (χ3v) is 5.46. The summed E-state index contributed by atoms with van der Waals surface area (Å²) >= 11 is 0. The topological polar surface area (TPSA) is 32.3 Å². The van der Waals surface area contributed by atoms with Gasteiger partial charge in [-0.05, 0) is 56.2 Å². The Balaban J connectivity index is 1.63. The van der Waals surface area contributed by atoms with Crippen LogP contribution in [0.1, 0.15) is 31.7 Å². The van der Waals surface area contributed by atoms with Crippen molar-refractivity contribution in [2.45, 2.75) is 44.7 Å². The van der Waals surface area contributed by atoms with Gasteiger partial charge in [0.1, 0.15) is 0 Å². The summed E-state index contributed by atoms with van der Waals surface area (Å²) in [7, 11) is 0. The first kappa shape index (κ1) is 12.4. The third-order valence-electron chi connectivity index (χ3n) is 5.46. The number of anilines is 1. The molecular formula is C17H22N2O. The summed E-state index contributed by atoms with van der Waals surface area (Å²) in [6, 6.07) is 8.70. The van der Waals surface area contributed by atoms with Gasteiger partial charge in [-0.15, -0.1) is 0 Å². The van der Waals surface area contributed by atoms with Gasteiger partial charge in [-0.1, -0.05) is 24.6 Å². The van der Waals surface area contributed by atoms with Gasteiger partial charge in [-0.2, -0.15) is 0 Å². The van der Waals surface area contributed by atoms with Crippen molar-refractivity contribution in [3.05, 3.63) is 29.8 Å². The van der Waals surface area contributed by atoms with Crippen LogP contribution < -0.4 is 10.2 Å². The van der Waals surface area contributed by atoms with Gasteiger partial charge in [0.15, 0.2) is 0 Å². The largest absolute Gasteiger partial charge is 0.308 e. The van der Waals surface area contributed by atoms with Gasteiger partial charge < -0.3 is 10.2 Å². The van der Waals surface area contributed by atoms with Crippen LogP contribution in [0.5, 0.6) is 0 Å². The standard InChI is InChI=1S/C17H22N2O/c1-11-9-12-5-2-3-8-15(12)19(11)17(20)16-14-7-4-6-13(14)10-18-16/h2-3,5,8,11,13-14,16,18H,4,6-7,9-10H2,1H3. The van der Waals surface area contributed by atoms with Gasteiger partial charge in [0.2, 0.25) is 5.91 Å². The van der Waals surface area contributed by atoms with E-state index in [4.69, 9.17) is 0 Å². The molecule has 4 atom stereocenters. The molecule has 1 saturated carbocycles. The van der Waals surface area contributed by atoms with Crippen LogP contribution in [-0.4, -0.2) is 24.5 Å². The lowest BCUT2D eigenvalue weighted by molar-refractivity contribution is -0.121. The average molecular weight is 270 g/mol. The maximum absolute atomic E-state index is 13.0. The fraction of sp³-hybridized carbons (Fsp3) is 0.588. The van der Waals surface area contributed by atoms with E-state index in [1.54, 1.807) is 0 Å². The Morgan fingerprint density at radius 3 is 3.05 bits per heavy atom. The number of rotatable bonds is 1. The Morgan fingerprint density at radius 1 is 1.30 bits per heavy atom. The molecule has 1 aromatic carbocycles. The first-order valence-corrected chi connectivity index (χ1v) is 7.90. The van der Waals surface area contributed by atoms with Crippen LogP contribution in [0, 0.1) is 11.8 Å². The molecular weight excluding hydrogens is 248 g/mol. The van der Waals surface area contributed by atoms with Gasteiger partial charge in [0.25, 0.3) is 0 Å². The van der Waals surface area contributed by atoms with Crippen LogP contribution in [0.25, 0.3) is 0 Å². The van der Waals surface area contributed by atoms with Crippen LogP contribution in [0.3, 0.4) is 0 Å². The highest BCUT2D eigenvalue weighted by atomic mass is 16.2. The number of carbonyl (C=O) groups is 1. The lowest BCUT2D eigenvalue weighted by Gasteiger charge is -2.28.